The average Bonchev–Trinajstić information content (AvgIpc) is 3.16. The first-order valence-corrected chi connectivity index (χ1v) is 8.90. The van der Waals surface area contributed by atoms with E-state index in [0.29, 0.717) is 16.1 Å². The van der Waals surface area contributed by atoms with E-state index in [4.69, 9.17) is 4.42 Å². The van der Waals surface area contributed by atoms with Gasteiger partial charge >= 0.3 is 0 Å². The molecule has 25 heavy (non-hydrogen) atoms. The number of nitrogens with zero attached hydrogens (tertiary/aromatic N) is 3. The quantitative estimate of drug-likeness (QED) is 0.502. The summed E-state index contributed by atoms with van der Waals surface area (Å²) in [6.45, 7) is 1.53. The second-order valence-electron chi connectivity index (χ2n) is 5.32. The van der Waals surface area contributed by atoms with Gasteiger partial charge in [-0.15, -0.1) is 0 Å². The van der Waals surface area contributed by atoms with Crippen molar-refractivity contribution < 1.29 is 4.42 Å². The van der Waals surface area contributed by atoms with Crippen LogP contribution in [-0.4, -0.2) is 14.6 Å². The highest BCUT2D eigenvalue weighted by Gasteiger charge is 2.09. The van der Waals surface area contributed by atoms with Crippen LogP contribution in [-0.2, 0) is 0 Å². The molecule has 0 amide bonds. The fourth-order valence-corrected chi connectivity index (χ4v) is 3.46. The van der Waals surface area contributed by atoms with E-state index in [1.54, 1.807) is 12.1 Å². The molecule has 0 saturated carbocycles. The van der Waals surface area contributed by atoms with E-state index in [9.17, 15) is 9.59 Å². The highest BCUT2D eigenvalue weighted by atomic mass is 79.9. The zero-order valence-corrected chi connectivity index (χ0v) is 15.3. The van der Waals surface area contributed by atoms with Crippen molar-refractivity contribution in [3.63, 3.8) is 0 Å². The fraction of sp³-hybridized carbons (Fsp3) is 0.0588. The van der Waals surface area contributed by atoms with Crippen LogP contribution < -0.4 is 15.7 Å². The van der Waals surface area contributed by atoms with Crippen LogP contribution in [0.2, 0.25) is 0 Å². The molecule has 3 aromatic heterocycles. The summed E-state index contributed by atoms with van der Waals surface area (Å²) in [6.07, 6.45) is 1.63. The van der Waals surface area contributed by atoms with Gasteiger partial charge in [0.25, 0.3) is 11.1 Å². The van der Waals surface area contributed by atoms with Crippen molar-refractivity contribution in [2.24, 2.45) is 0 Å². The third-order valence-corrected chi connectivity index (χ3v) is 5.06. The van der Waals surface area contributed by atoms with Crippen LogP contribution >= 0.6 is 27.3 Å². The molecular weight excluding hydrogens is 406 g/mol. The van der Waals surface area contributed by atoms with Crippen molar-refractivity contribution in [3.8, 4) is 11.3 Å². The Bertz CT molecular complexity index is 1260. The molecule has 4 rings (SSSR count). The molecule has 0 aliphatic rings. The average molecular weight is 416 g/mol. The number of thiazole rings is 1. The highest BCUT2D eigenvalue weighted by molar-refractivity contribution is 9.10. The summed E-state index contributed by atoms with van der Waals surface area (Å²) in [5.74, 6) is 1.25. The zero-order valence-electron chi connectivity index (χ0n) is 12.9. The van der Waals surface area contributed by atoms with E-state index in [-0.39, 0.29) is 16.2 Å². The first kappa shape index (κ1) is 15.9. The summed E-state index contributed by atoms with van der Waals surface area (Å²) in [7, 11) is 0. The molecule has 0 aliphatic heterocycles. The number of aromatic nitrogens is 3. The Balaban J connectivity index is 1.80. The van der Waals surface area contributed by atoms with Crippen molar-refractivity contribution in [2.45, 2.75) is 6.92 Å². The van der Waals surface area contributed by atoms with Gasteiger partial charge in [-0.2, -0.15) is 14.6 Å². The van der Waals surface area contributed by atoms with Gasteiger partial charge in [-0.25, -0.2) is 0 Å². The highest BCUT2D eigenvalue weighted by Crippen LogP contribution is 2.24. The Kier molecular flexibility index (Phi) is 3.85. The molecule has 0 spiro atoms. The van der Waals surface area contributed by atoms with E-state index < -0.39 is 5.56 Å². The molecule has 6 nitrogen and oxygen atoms in total. The van der Waals surface area contributed by atoms with E-state index in [1.807, 2.05) is 30.3 Å². The van der Waals surface area contributed by atoms with Crippen molar-refractivity contribution in [2.75, 3.05) is 0 Å². The topological polar surface area (TPSA) is 77.5 Å². The van der Waals surface area contributed by atoms with Gasteiger partial charge in [0.15, 0.2) is 0 Å². The summed E-state index contributed by atoms with van der Waals surface area (Å²) >= 11 is 4.50. The lowest BCUT2D eigenvalue weighted by molar-refractivity contribution is 0.571. The van der Waals surface area contributed by atoms with Crippen LogP contribution in [0.4, 0.5) is 0 Å². The lowest BCUT2D eigenvalue weighted by Gasteiger charge is -1.96. The predicted molar refractivity (Wildman–Crippen MR) is 98.8 cm³/mol. The monoisotopic (exact) mass is 415 g/mol. The number of benzene rings is 1. The maximum atomic E-state index is 12.4. The van der Waals surface area contributed by atoms with Gasteiger partial charge < -0.3 is 4.42 Å². The Labute approximate surface area is 153 Å². The molecule has 0 aliphatic carbocycles. The van der Waals surface area contributed by atoms with Gasteiger partial charge in [0.1, 0.15) is 21.7 Å². The van der Waals surface area contributed by atoms with E-state index in [2.05, 4.69) is 26.0 Å². The Morgan fingerprint density at radius 1 is 1.16 bits per heavy atom. The molecule has 0 bridgehead atoms. The standard InChI is InChI=1S/C17H10BrN3O3S/c1-9-15(22)19-17-21(20-9)16(23)14(25-17)8-12-6-7-13(24-12)10-2-4-11(18)5-3-10/h2-8H,1H3/b14-8-. The third-order valence-electron chi connectivity index (χ3n) is 3.57. The summed E-state index contributed by atoms with van der Waals surface area (Å²) in [4.78, 5) is 28.1. The molecule has 8 heteroatoms. The van der Waals surface area contributed by atoms with Crippen LogP contribution in [0, 0.1) is 6.92 Å². The Morgan fingerprint density at radius 3 is 2.68 bits per heavy atom. The van der Waals surface area contributed by atoms with Gasteiger partial charge in [0.05, 0.1) is 0 Å². The van der Waals surface area contributed by atoms with Gasteiger partial charge in [-0.1, -0.05) is 39.4 Å². The van der Waals surface area contributed by atoms with Crippen molar-refractivity contribution in [1.29, 1.82) is 0 Å². The molecular formula is C17H10BrN3O3S. The van der Waals surface area contributed by atoms with Crippen molar-refractivity contribution in [3.05, 3.63) is 77.6 Å². The van der Waals surface area contributed by atoms with Crippen LogP contribution in [0.5, 0.6) is 0 Å². The number of furan rings is 1. The second-order valence-corrected chi connectivity index (χ2v) is 7.25. The lowest BCUT2D eigenvalue weighted by Crippen LogP contribution is -2.27. The van der Waals surface area contributed by atoms with Gasteiger partial charge in [0.2, 0.25) is 4.96 Å². The summed E-state index contributed by atoms with van der Waals surface area (Å²) in [5, 5.41) is 3.98. The van der Waals surface area contributed by atoms with Gasteiger partial charge in [-0.3, -0.25) is 9.59 Å². The number of rotatable bonds is 2. The van der Waals surface area contributed by atoms with Crippen LogP contribution in [0.15, 0.2) is 54.9 Å². The largest absolute Gasteiger partial charge is 0.457 e. The molecule has 0 saturated heterocycles. The number of fused-ring (bicyclic) bond motifs is 1. The third kappa shape index (κ3) is 2.94. The van der Waals surface area contributed by atoms with Crippen molar-refractivity contribution >= 4 is 38.3 Å². The number of hydrogen-bond acceptors (Lipinski definition) is 6. The molecule has 124 valence electrons. The van der Waals surface area contributed by atoms with E-state index in [0.717, 1.165) is 25.9 Å². The lowest BCUT2D eigenvalue weighted by atomic mass is 10.2. The number of hydrogen-bond donors (Lipinski definition) is 0. The second kappa shape index (κ2) is 6.05. The molecule has 4 aromatic rings. The zero-order chi connectivity index (χ0) is 17.6. The SMILES string of the molecule is Cc1nn2c(=O)/c(=C/c3ccc(-c4ccc(Br)cc4)o3)sc2nc1=O. The molecule has 0 fully saturated rings. The van der Waals surface area contributed by atoms with E-state index >= 15 is 0 Å². The first-order chi connectivity index (χ1) is 12.0. The molecule has 0 unspecified atom stereocenters. The molecule has 0 N–H and O–H groups in total. The minimum absolute atomic E-state index is 0.189. The molecule has 1 aromatic carbocycles. The van der Waals surface area contributed by atoms with Crippen LogP contribution in [0.25, 0.3) is 22.4 Å². The Morgan fingerprint density at radius 2 is 1.92 bits per heavy atom. The minimum atomic E-state index is -0.427. The number of halogens is 1. The summed E-state index contributed by atoms with van der Waals surface area (Å²) < 4.78 is 8.33. The first-order valence-electron chi connectivity index (χ1n) is 7.29. The van der Waals surface area contributed by atoms with Crippen LogP contribution in [0.1, 0.15) is 11.5 Å². The van der Waals surface area contributed by atoms with Gasteiger partial charge in [0, 0.05) is 16.1 Å². The number of aryl methyl sites for hydroxylation is 1. The van der Waals surface area contributed by atoms with Gasteiger partial charge in [-0.05, 0) is 31.2 Å². The molecule has 0 radical (unpaired) electrons. The van der Waals surface area contributed by atoms with Crippen molar-refractivity contribution in [1.82, 2.24) is 14.6 Å². The van der Waals surface area contributed by atoms with Crippen LogP contribution in [0.3, 0.4) is 0 Å². The Hall–Kier alpha value is -2.58. The smallest absolute Gasteiger partial charge is 0.295 e. The normalized spacial score (nSPS) is 12.2. The molecule has 3 heterocycles. The summed E-state index contributed by atoms with van der Waals surface area (Å²) in [6, 6.07) is 11.4. The van der Waals surface area contributed by atoms with E-state index in [1.165, 1.54) is 6.92 Å². The predicted octanol–water partition coefficient (Wildman–Crippen LogP) is 2.39. The fourth-order valence-electron chi connectivity index (χ4n) is 2.32. The maximum Gasteiger partial charge on any atom is 0.295 e. The molecule has 0 atom stereocenters. The minimum Gasteiger partial charge on any atom is -0.457 e. The summed E-state index contributed by atoms with van der Waals surface area (Å²) in [5.41, 5.74) is 0.376. The maximum absolute atomic E-state index is 12.4.